The van der Waals surface area contributed by atoms with Crippen LogP contribution in [0.2, 0.25) is 0 Å². The van der Waals surface area contributed by atoms with E-state index in [-0.39, 0.29) is 18.0 Å². The van der Waals surface area contributed by atoms with E-state index < -0.39 is 11.9 Å². The highest BCUT2D eigenvalue weighted by Crippen LogP contribution is 2.33. The van der Waals surface area contributed by atoms with Gasteiger partial charge in [-0.05, 0) is 48.9 Å². The van der Waals surface area contributed by atoms with Crippen molar-refractivity contribution in [1.29, 1.82) is 0 Å². The second-order valence-electron chi connectivity index (χ2n) is 7.60. The Hall–Kier alpha value is -4.09. The van der Waals surface area contributed by atoms with Gasteiger partial charge in [0.1, 0.15) is 41.7 Å². The van der Waals surface area contributed by atoms with Gasteiger partial charge in [-0.25, -0.2) is 4.79 Å². The summed E-state index contributed by atoms with van der Waals surface area (Å²) < 4.78 is 54.0. The van der Waals surface area contributed by atoms with E-state index in [1.807, 2.05) is 0 Å². The number of aryl methyl sites for hydroxylation is 3. The summed E-state index contributed by atoms with van der Waals surface area (Å²) in [5.41, 5.74) is 1.38. The van der Waals surface area contributed by atoms with E-state index >= 15 is 0 Å². The molecule has 0 spiro atoms. The molecule has 12 heteroatoms. The third kappa shape index (κ3) is 4.26. The lowest BCUT2D eigenvalue weighted by Gasteiger charge is -2.14. The van der Waals surface area contributed by atoms with Crippen LogP contribution in [0.15, 0.2) is 47.3 Å². The highest BCUT2D eigenvalue weighted by Gasteiger charge is 2.35. The summed E-state index contributed by atoms with van der Waals surface area (Å²) in [6, 6.07) is 11.3. The first-order valence-corrected chi connectivity index (χ1v) is 10.1. The Balaban J connectivity index is 1.62. The molecule has 9 nitrogen and oxygen atoms in total. The lowest BCUT2D eigenvalue weighted by atomic mass is 10.1. The normalized spacial score (nSPS) is 11.6. The van der Waals surface area contributed by atoms with Crippen molar-refractivity contribution in [2.45, 2.75) is 19.7 Å². The monoisotopic (exact) mass is 475 g/mol. The molecule has 0 saturated heterocycles. The van der Waals surface area contributed by atoms with Gasteiger partial charge in [-0.2, -0.15) is 18.3 Å². The van der Waals surface area contributed by atoms with Crippen LogP contribution in [-0.4, -0.2) is 31.5 Å². The molecule has 0 atom stereocenters. The summed E-state index contributed by atoms with van der Waals surface area (Å²) in [7, 11) is 4.29. The van der Waals surface area contributed by atoms with Gasteiger partial charge in [0.25, 0.3) is 0 Å². The molecule has 178 valence electrons. The molecule has 4 rings (SSSR count). The summed E-state index contributed by atoms with van der Waals surface area (Å²) >= 11 is 0. The predicted molar refractivity (Wildman–Crippen MR) is 115 cm³/mol. The Kier molecular flexibility index (Phi) is 5.90. The van der Waals surface area contributed by atoms with E-state index in [1.54, 1.807) is 43.3 Å². The number of hydrogen-bond donors (Lipinski definition) is 0. The van der Waals surface area contributed by atoms with Crippen molar-refractivity contribution in [1.82, 2.24) is 24.4 Å². The van der Waals surface area contributed by atoms with Gasteiger partial charge in [0.2, 0.25) is 0 Å². The van der Waals surface area contributed by atoms with Gasteiger partial charge in [-0.3, -0.25) is 4.68 Å². The maximum atomic E-state index is 13.1. The standard InChI is InChI=1S/C22H21F3N6O3/c1-13-10-14(16-11-20(22(23,24)25)29(2)26-16)8-9-18(13)34-12-15-17(6-5-7-19(15)33-4)31-21(32)30(3)27-28-31/h5-11H,12H2,1-4H3/p+1. The highest BCUT2D eigenvalue weighted by molar-refractivity contribution is 5.62. The van der Waals surface area contributed by atoms with Gasteiger partial charge in [0.05, 0.1) is 18.4 Å². The number of aromatic nitrogens is 6. The summed E-state index contributed by atoms with van der Waals surface area (Å²) in [5, 5.41) is 10.5. The average molecular weight is 475 g/mol. The van der Waals surface area contributed by atoms with Gasteiger partial charge in [0, 0.05) is 12.6 Å². The molecule has 0 aliphatic heterocycles. The van der Waals surface area contributed by atoms with Crippen molar-refractivity contribution in [3.8, 4) is 28.4 Å². The number of hydrogen-bond acceptors (Lipinski definition) is 5. The van der Waals surface area contributed by atoms with E-state index in [9.17, 15) is 18.0 Å². The van der Waals surface area contributed by atoms with Crippen LogP contribution in [0.1, 0.15) is 16.8 Å². The minimum atomic E-state index is -4.49. The maximum Gasteiger partial charge on any atom is 0.473 e. The number of tetrazole rings is 1. The molecule has 34 heavy (non-hydrogen) atoms. The van der Waals surface area contributed by atoms with Crippen LogP contribution < -0.4 is 20.4 Å². The third-order valence-electron chi connectivity index (χ3n) is 5.34. The fourth-order valence-electron chi connectivity index (χ4n) is 3.59. The lowest BCUT2D eigenvalue weighted by molar-refractivity contribution is -0.546. The number of nitrogens with one attached hydrogen (secondary N) is 1. The predicted octanol–water partition coefficient (Wildman–Crippen LogP) is 2.70. The number of rotatable bonds is 6. The van der Waals surface area contributed by atoms with Crippen LogP contribution in [0.3, 0.4) is 0 Å². The highest BCUT2D eigenvalue weighted by atomic mass is 19.4. The first-order chi connectivity index (χ1) is 16.1. The molecule has 2 aromatic heterocycles. The smallest absolute Gasteiger partial charge is 0.473 e. The molecule has 2 aromatic carbocycles. The zero-order valence-electron chi connectivity index (χ0n) is 18.8. The Morgan fingerprint density at radius 2 is 1.82 bits per heavy atom. The number of nitrogens with zero attached hydrogens (tertiary/aromatic N) is 5. The Morgan fingerprint density at radius 1 is 1.06 bits per heavy atom. The van der Waals surface area contributed by atoms with Gasteiger partial charge in [0.15, 0.2) is 0 Å². The number of H-pyrrole nitrogens is 1. The summed E-state index contributed by atoms with van der Waals surface area (Å²) in [6.07, 6.45) is -4.49. The molecular weight excluding hydrogens is 453 g/mol. The van der Waals surface area contributed by atoms with Gasteiger partial charge in [-0.15, -0.1) is 0 Å². The number of benzene rings is 2. The quantitative estimate of drug-likeness (QED) is 0.428. The molecule has 0 amide bonds. The van der Waals surface area contributed by atoms with E-state index in [2.05, 4.69) is 15.5 Å². The Bertz CT molecular complexity index is 1400. The second-order valence-corrected chi connectivity index (χ2v) is 7.60. The molecule has 0 fully saturated rings. The number of alkyl halides is 3. The SMILES string of the molecule is COc1cccc(-n2[nH+]nn(C)c2=O)c1COc1ccc(-c2cc(C(F)(F)F)n(C)n2)cc1C. The van der Waals surface area contributed by atoms with E-state index in [1.165, 1.54) is 25.9 Å². The van der Waals surface area contributed by atoms with Crippen LogP contribution in [0.5, 0.6) is 11.5 Å². The van der Waals surface area contributed by atoms with Crippen LogP contribution in [-0.2, 0) is 26.9 Å². The summed E-state index contributed by atoms with van der Waals surface area (Å²) in [5.74, 6) is 1.04. The molecule has 0 aliphatic carbocycles. The van der Waals surface area contributed by atoms with Crippen molar-refractivity contribution in [2.75, 3.05) is 7.11 Å². The number of halogens is 3. The third-order valence-corrected chi connectivity index (χ3v) is 5.34. The lowest BCUT2D eigenvalue weighted by Crippen LogP contribution is -2.29. The number of ether oxygens (including phenoxy) is 2. The minimum absolute atomic E-state index is 0.0660. The molecule has 0 aliphatic rings. The number of aromatic amines is 1. The fraction of sp³-hybridized carbons (Fsp3) is 0.273. The molecule has 0 saturated carbocycles. The Labute approximate surface area is 191 Å². The van der Waals surface area contributed by atoms with Crippen LogP contribution in [0.4, 0.5) is 13.2 Å². The van der Waals surface area contributed by atoms with Gasteiger partial charge >= 0.3 is 11.9 Å². The zero-order chi connectivity index (χ0) is 24.6. The average Bonchev–Trinajstić information content (AvgIpc) is 3.35. The number of methoxy groups -OCH3 is 1. The molecule has 2 heterocycles. The molecule has 0 radical (unpaired) electrons. The van der Waals surface area contributed by atoms with E-state index in [4.69, 9.17) is 9.47 Å². The maximum absolute atomic E-state index is 13.1. The van der Waals surface area contributed by atoms with Crippen molar-refractivity contribution < 1.29 is 27.9 Å². The molecule has 0 unspecified atom stereocenters. The topological polar surface area (TPSA) is 90.2 Å². The first-order valence-electron chi connectivity index (χ1n) is 10.1. The van der Waals surface area contributed by atoms with Gasteiger partial charge in [-0.1, -0.05) is 20.6 Å². The van der Waals surface area contributed by atoms with Crippen molar-refractivity contribution in [2.24, 2.45) is 14.1 Å². The van der Waals surface area contributed by atoms with E-state index in [0.29, 0.717) is 33.9 Å². The molecule has 1 N–H and O–H groups in total. The van der Waals surface area contributed by atoms with Crippen molar-refractivity contribution >= 4 is 0 Å². The fourth-order valence-corrected chi connectivity index (χ4v) is 3.59. The Morgan fingerprint density at radius 3 is 2.41 bits per heavy atom. The summed E-state index contributed by atoms with van der Waals surface area (Å²) in [6.45, 7) is 1.85. The molecule has 4 aromatic rings. The van der Waals surface area contributed by atoms with E-state index in [0.717, 1.165) is 15.4 Å². The molecular formula is C22H22F3N6O3+. The second kappa shape index (κ2) is 8.69. The largest absolute Gasteiger partial charge is 0.496 e. The van der Waals surface area contributed by atoms with Crippen molar-refractivity contribution in [3.05, 3.63) is 69.8 Å². The van der Waals surface area contributed by atoms with Crippen LogP contribution in [0, 0.1) is 6.92 Å². The van der Waals surface area contributed by atoms with Gasteiger partial charge < -0.3 is 9.47 Å². The summed E-state index contributed by atoms with van der Waals surface area (Å²) in [4.78, 5) is 12.4. The van der Waals surface area contributed by atoms with Crippen molar-refractivity contribution in [3.63, 3.8) is 0 Å². The van der Waals surface area contributed by atoms with Crippen LogP contribution >= 0.6 is 0 Å². The zero-order valence-corrected chi connectivity index (χ0v) is 18.8. The first kappa shape index (κ1) is 23.1. The van der Waals surface area contributed by atoms with Crippen LogP contribution in [0.25, 0.3) is 16.9 Å². The minimum Gasteiger partial charge on any atom is -0.496 e. The molecule has 0 bridgehead atoms.